The Labute approximate surface area is 94.6 Å². The highest BCUT2D eigenvalue weighted by molar-refractivity contribution is 6.29. The summed E-state index contributed by atoms with van der Waals surface area (Å²) in [5.74, 6) is 0.481. The third-order valence-corrected chi connectivity index (χ3v) is 2.90. The fourth-order valence-corrected chi connectivity index (χ4v) is 2.00. The van der Waals surface area contributed by atoms with Gasteiger partial charge in [-0.2, -0.15) is 4.98 Å². The van der Waals surface area contributed by atoms with Crippen LogP contribution in [0, 0.1) is 0 Å². The molecule has 4 heteroatoms. The molecule has 1 aliphatic carbocycles. The molecular weight excluding hydrogens is 212 g/mol. The van der Waals surface area contributed by atoms with Crippen molar-refractivity contribution in [2.75, 3.05) is 5.73 Å². The van der Waals surface area contributed by atoms with Crippen LogP contribution in [0.15, 0.2) is 12.1 Å². The maximum atomic E-state index is 5.79. The summed E-state index contributed by atoms with van der Waals surface area (Å²) in [6.45, 7) is 0. The molecule has 0 bridgehead atoms. The summed E-state index contributed by atoms with van der Waals surface area (Å²) in [6.07, 6.45) is 6.20. The van der Waals surface area contributed by atoms with E-state index in [-0.39, 0.29) is 6.10 Å². The highest BCUT2D eigenvalue weighted by Gasteiger charge is 2.16. The lowest BCUT2D eigenvalue weighted by atomic mass is 9.98. The van der Waals surface area contributed by atoms with Gasteiger partial charge >= 0.3 is 0 Å². The number of aromatic nitrogens is 1. The van der Waals surface area contributed by atoms with Crippen molar-refractivity contribution in [2.45, 2.75) is 38.2 Å². The highest BCUT2D eigenvalue weighted by Crippen LogP contribution is 2.26. The monoisotopic (exact) mass is 226 g/mol. The third-order valence-electron chi connectivity index (χ3n) is 2.69. The number of anilines is 1. The van der Waals surface area contributed by atoms with Gasteiger partial charge in [-0.3, -0.25) is 0 Å². The van der Waals surface area contributed by atoms with Crippen LogP contribution in [0.5, 0.6) is 5.88 Å². The maximum absolute atomic E-state index is 5.79. The standard InChI is InChI=1S/C11H15ClN2O/c12-10-7-6-9(13)11(14-10)15-8-4-2-1-3-5-8/h6-8H,1-5,13H2. The Balaban J connectivity index is 2.05. The van der Waals surface area contributed by atoms with Gasteiger partial charge in [0, 0.05) is 0 Å². The van der Waals surface area contributed by atoms with Gasteiger partial charge < -0.3 is 10.5 Å². The van der Waals surface area contributed by atoms with Crippen molar-refractivity contribution < 1.29 is 4.74 Å². The predicted molar refractivity (Wildman–Crippen MR) is 61.2 cm³/mol. The van der Waals surface area contributed by atoms with Gasteiger partial charge in [-0.1, -0.05) is 18.0 Å². The van der Waals surface area contributed by atoms with E-state index in [0.717, 1.165) is 12.8 Å². The largest absolute Gasteiger partial charge is 0.473 e. The van der Waals surface area contributed by atoms with E-state index in [1.54, 1.807) is 12.1 Å². The van der Waals surface area contributed by atoms with Gasteiger partial charge in [0.05, 0.1) is 5.69 Å². The second-order valence-corrected chi connectivity index (χ2v) is 4.29. The number of ether oxygens (including phenoxy) is 1. The second-order valence-electron chi connectivity index (χ2n) is 3.91. The second kappa shape index (κ2) is 4.71. The van der Waals surface area contributed by atoms with Crippen molar-refractivity contribution in [2.24, 2.45) is 0 Å². The number of nitrogens with zero attached hydrogens (tertiary/aromatic N) is 1. The summed E-state index contributed by atoms with van der Waals surface area (Å²) in [6, 6.07) is 3.40. The Morgan fingerprint density at radius 2 is 2.00 bits per heavy atom. The molecule has 82 valence electrons. The van der Waals surface area contributed by atoms with E-state index in [0.29, 0.717) is 16.7 Å². The van der Waals surface area contributed by atoms with E-state index >= 15 is 0 Å². The fraction of sp³-hybridized carbons (Fsp3) is 0.545. The smallest absolute Gasteiger partial charge is 0.238 e. The summed E-state index contributed by atoms with van der Waals surface area (Å²) >= 11 is 5.79. The average Bonchev–Trinajstić information content (AvgIpc) is 2.25. The fourth-order valence-electron chi connectivity index (χ4n) is 1.86. The number of rotatable bonds is 2. The van der Waals surface area contributed by atoms with Crippen molar-refractivity contribution in [1.29, 1.82) is 0 Å². The molecule has 2 N–H and O–H groups in total. The molecule has 0 saturated heterocycles. The molecule has 0 amide bonds. The number of hydrogen-bond donors (Lipinski definition) is 1. The lowest BCUT2D eigenvalue weighted by molar-refractivity contribution is 0.150. The number of pyridine rings is 1. The van der Waals surface area contributed by atoms with Crippen LogP contribution in [0.3, 0.4) is 0 Å². The molecule has 0 spiro atoms. The Morgan fingerprint density at radius 1 is 1.27 bits per heavy atom. The van der Waals surface area contributed by atoms with Crippen LogP contribution in [0.4, 0.5) is 5.69 Å². The summed E-state index contributed by atoms with van der Waals surface area (Å²) in [4.78, 5) is 4.09. The molecule has 1 aromatic rings. The molecule has 3 nitrogen and oxygen atoms in total. The van der Waals surface area contributed by atoms with E-state index in [1.807, 2.05) is 0 Å². The van der Waals surface area contributed by atoms with Gasteiger partial charge in [-0.05, 0) is 37.8 Å². The normalized spacial score (nSPS) is 17.7. The van der Waals surface area contributed by atoms with Crippen LogP contribution in [0.1, 0.15) is 32.1 Å². The molecule has 1 saturated carbocycles. The van der Waals surface area contributed by atoms with Gasteiger partial charge in [0.15, 0.2) is 0 Å². The summed E-state index contributed by atoms with van der Waals surface area (Å²) < 4.78 is 5.75. The number of nitrogens with two attached hydrogens (primary N) is 1. The van der Waals surface area contributed by atoms with E-state index in [9.17, 15) is 0 Å². The van der Waals surface area contributed by atoms with Crippen molar-refractivity contribution in [3.63, 3.8) is 0 Å². The minimum absolute atomic E-state index is 0.256. The van der Waals surface area contributed by atoms with Crippen LogP contribution in [0.25, 0.3) is 0 Å². The Hall–Kier alpha value is -0.960. The van der Waals surface area contributed by atoms with Crippen molar-refractivity contribution in [3.8, 4) is 5.88 Å². The zero-order chi connectivity index (χ0) is 10.7. The zero-order valence-corrected chi connectivity index (χ0v) is 9.33. The average molecular weight is 227 g/mol. The summed E-state index contributed by atoms with van der Waals surface area (Å²) in [5.41, 5.74) is 6.32. The van der Waals surface area contributed by atoms with Gasteiger partial charge in [-0.15, -0.1) is 0 Å². The molecule has 0 radical (unpaired) electrons. The zero-order valence-electron chi connectivity index (χ0n) is 8.58. The molecular formula is C11H15ClN2O. The highest BCUT2D eigenvalue weighted by atomic mass is 35.5. The first-order chi connectivity index (χ1) is 7.25. The quantitative estimate of drug-likeness (QED) is 0.789. The van der Waals surface area contributed by atoms with E-state index < -0.39 is 0 Å². The molecule has 1 aliphatic rings. The van der Waals surface area contributed by atoms with Gasteiger partial charge in [0.2, 0.25) is 5.88 Å². The van der Waals surface area contributed by atoms with E-state index in [1.165, 1.54) is 19.3 Å². The number of hydrogen-bond acceptors (Lipinski definition) is 3. The summed E-state index contributed by atoms with van der Waals surface area (Å²) in [5, 5.41) is 0.426. The van der Waals surface area contributed by atoms with Crippen molar-refractivity contribution in [1.82, 2.24) is 4.98 Å². The van der Waals surface area contributed by atoms with Crippen LogP contribution in [0.2, 0.25) is 5.15 Å². The van der Waals surface area contributed by atoms with E-state index in [4.69, 9.17) is 22.1 Å². The lowest BCUT2D eigenvalue weighted by Gasteiger charge is -2.22. The van der Waals surface area contributed by atoms with Gasteiger partial charge in [-0.25, -0.2) is 0 Å². The molecule has 0 atom stereocenters. The molecule has 2 rings (SSSR count). The van der Waals surface area contributed by atoms with Crippen molar-refractivity contribution >= 4 is 17.3 Å². The van der Waals surface area contributed by atoms with Crippen molar-refractivity contribution in [3.05, 3.63) is 17.3 Å². The van der Waals surface area contributed by atoms with Crippen LogP contribution < -0.4 is 10.5 Å². The first-order valence-corrected chi connectivity index (χ1v) is 5.72. The molecule has 0 unspecified atom stereocenters. The topological polar surface area (TPSA) is 48.1 Å². The van der Waals surface area contributed by atoms with Crippen LogP contribution >= 0.6 is 11.6 Å². The van der Waals surface area contributed by atoms with Gasteiger partial charge in [0.25, 0.3) is 0 Å². The van der Waals surface area contributed by atoms with Gasteiger partial charge in [0.1, 0.15) is 11.3 Å². The lowest BCUT2D eigenvalue weighted by Crippen LogP contribution is -2.20. The third kappa shape index (κ3) is 2.75. The molecule has 0 aromatic carbocycles. The van der Waals surface area contributed by atoms with Crippen LogP contribution in [-0.2, 0) is 0 Å². The molecule has 1 aromatic heterocycles. The maximum Gasteiger partial charge on any atom is 0.238 e. The number of halogens is 1. The molecule has 1 fully saturated rings. The Bertz CT molecular complexity index is 337. The first-order valence-electron chi connectivity index (χ1n) is 5.34. The predicted octanol–water partition coefficient (Wildman–Crippen LogP) is 3.03. The Morgan fingerprint density at radius 3 is 2.73 bits per heavy atom. The molecule has 15 heavy (non-hydrogen) atoms. The number of nitrogen functional groups attached to an aromatic ring is 1. The minimum Gasteiger partial charge on any atom is -0.473 e. The summed E-state index contributed by atoms with van der Waals surface area (Å²) in [7, 11) is 0. The SMILES string of the molecule is Nc1ccc(Cl)nc1OC1CCCCC1. The first kappa shape index (κ1) is 10.6. The molecule has 1 heterocycles. The van der Waals surface area contributed by atoms with E-state index in [2.05, 4.69) is 4.98 Å². The Kier molecular flexibility index (Phi) is 3.31. The minimum atomic E-state index is 0.256. The molecule has 0 aliphatic heterocycles. The van der Waals surface area contributed by atoms with Crippen LogP contribution in [-0.4, -0.2) is 11.1 Å².